The largest absolute Gasteiger partial charge is 0.390 e. The highest BCUT2D eigenvalue weighted by Crippen LogP contribution is 2.57. The minimum absolute atomic E-state index is 0.160. The normalized spacial score (nSPS) is 50.8. The van der Waals surface area contributed by atoms with Crippen LogP contribution in [-0.4, -0.2) is 21.9 Å². The van der Waals surface area contributed by atoms with Crippen LogP contribution in [0.25, 0.3) is 0 Å². The van der Waals surface area contributed by atoms with Gasteiger partial charge in [-0.2, -0.15) is 0 Å². The van der Waals surface area contributed by atoms with Gasteiger partial charge in [-0.1, -0.05) is 26.0 Å². The van der Waals surface area contributed by atoms with Gasteiger partial charge in [0.2, 0.25) is 0 Å². The number of hydrogen-bond donors (Lipinski definition) is 2. The predicted octanol–water partition coefficient (Wildman–Crippen LogP) is 2.89. The van der Waals surface area contributed by atoms with Gasteiger partial charge in [-0.25, -0.2) is 0 Å². The number of hydrogen-bond acceptors (Lipinski definition) is 2. The zero-order valence-corrected chi connectivity index (χ0v) is 11.4. The van der Waals surface area contributed by atoms with Gasteiger partial charge in [-0.05, 0) is 50.9 Å². The molecular weight excluding hydrogens is 212 g/mol. The molecule has 2 nitrogen and oxygen atoms in total. The SMILES string of the molecule is C=C(C)[C@@H]1CC[C@]2(O)[C@H](O)CC[C@H](C)[C@@]2(C)C1. The molecule has 2 N–H and O–H groups in total. The fourth-order valence-electron chi connectivity index (χ4n) is 4.03. The van der Waals surface area contributed by atoms with E-state index in [4.69, 9.17) is 0 Å². The zero-order valence-electron chi connectivity index (χ0n) is 11.4. The molecule has 17 heavy (non-hydrogen) atoms. The van der Waals surface area contributed by atoms with Gasteiger partial charge >= 0.3 is 0 Å². The summed E-state index contributed by atoms with van der Waals surface area (Å²) in [5, 5.41) is 21.1. The van der Waals surface area contributed by atoms with Crippen LogP contribution in [0.4, 0.5) is 0 Å². The Balaban J connectivity index is 2.32. The number of aliphatic hydroxyl groups is 2. The summed E-state index contributed by atoms with van der Waals surface area (Å²) in [6.07, 6.45) is 3.86. The molecule has 2 saturated carbocycles. The first kappa shape index (κ1) is 13.1. The Morgan fingerprint density at radius 1 is 1.29 bits per heavy atom. The molecule has 0 heterocycles. The van der Waals surface area contributed by atoms with Gasteiger partial charge < -0.3 is 10.2 Å². The maximum Gasteiger partial charge on any atom is 0.0961 e. The molecule has 0 unspecified atom stereocenters. The van der Waals surface area contributed by atoms with Crippen molar-refractivity contribution in [3.63, 3.8) is 0 Å². The van der Waals surface area contributed by atoms with Crippen molar-refractivity contribution in [2.24, 2.45) is 17.3 Å². The standard InChI is InChI=1S/C15H26O2/c1-10(2)12-7-8-15(17)13(16)6-5-11(3)14(15,4)9-12/h11-13,16-17H,1,5-9H2,2-4H3/t11-,12+,13+,14+,15-/m0/s1. The third-order valence-electron chi connectivity index (χ3n) is 5.74. The molecule has 2 rings (SSSR count). The lowest BCUT2D eigenvalue weighted by atomic mass is 9.50. The molecule has 0 radical (unpaired) electrons. The van der Waals surface area contributed by atoms with Crippen LogP contribution < -0.4 is 0 Å². The molecule has 0 amide bonds. The molecule has 0 aromatic carbocycles. The van der Waals surface area contributed by atoms with E-state index in [-0.39, 0.29) is 5.41 Å². The summed E-state index contributed by atoms with van der Waals surface area (Å²) in [4.78, 5) is 0. The molecular formula is C15H26O2. The number of allylic oxidation sites excluding steroid dienone is 1. The highest BCUT2D eigenvalue weighted by Gasteiger charge is 2.59. The zero-order chi connectivity index (χ0) is 12.8. The molecule has 0 aliphatic heterocycles. The van der Waals surface area contributed by atoms with Crippen LogP contribution in [0.3, 0.4) is 0 Å². The van der Waals surface area contributed by atoms with E-state index in [0.29, 0.717) is 18.3 Å². The van der Waals surface area contributed by atoms with Gasteiger partial charge in [-0.3, -0.25) is 0 Å². The number of aliphatic hydroxyl groups excluding tert-OH is 1. The van der Waals surface area contributed by atoms with Crippen molar-refractivity contribution in [3.05, 3.63) is 12.2 Å². The number of rotatable bonds is 1. The fourth-order valence-corrected chi connectivity index (χ4v) is 4.03. The van der Waals surface area contributed by atoms with E-state index in [1.54, 1.807) is 0 Å². The Labute approximate surface area is 105 Å². The molecule has 0 bridgehead atoms. The van der Waals surface area contributed by atoms with Crippen molar-refractivity contribution < 1.29 is 10.2 Å². The summed E-state index contributed by atoms with van der Waals surface area (Å²) < 4.78 is 0. The van der Waals surface area contributed by atoms with Gasteiger partial charge in [0.05, 0.1) is 11.7 Å². The molecule has 2 fully saturated rings. The van der Waals surface area contributed by atoms with Crippen LogP contribution in [-0.2, 0) is 0 Å². The predicted molar refractivity (Wildman–Crippen MR) is 69.6 cm³/mol. The van der Waals surface area contributed by atoms with Gasteiger partial charge in [0.15, 0.2) is 0 Å². The highest BCUT2D eigenvalue weighted by atomic mass is 16.3. The summed E-state index contributed by atoms with van der Waals surface area (Å²) in [7, 11) is 0. The smallest absolute Gasteiger partial charge is 0.0961 e. The lowest BCUT2D eigenvalue weighted by Gasteiger charge is -2.59. The minimum Gasteiger partial charge on any atom is -0.390 e. The fraction of sp³-hybridized carbons (Fsp3) is 0.867. The lowest BCUT2D eigenvalue weighted by Crippen LogP contribution is -2.63. The first-order valence-electron chi connectivity index (χ1n) is 6.87. The Kier molecular flexibility index (Phi) is 3.16. The quantitative estimate of drug-likeness (QED) is 0.690. The maximum absolute atomic E-state index is 10.9. The van der Waals surface area contributed by atoms with Crippen LogP contribution >= 0.6 is 0 Å². The number of fused-ring (bicyclic) bond motifs is 1. The topological polar surface area (TPSA) is 40.5 Å². The van der Waals surface area contributed by atoms with Crippen molar-refractivity contribution in [1.29, 1.82) is 0 Å². The molecule has 0 aromatic rings. The summed E-state index contributed by atoms with van der Waals surface area (Å²) in [6.45, 7) is 10.5. The molecule has 2 heteroatoms. The van der Waals surface area contributed by atoms with E-state index >= 15 is 0 Å². The van der Waals surface area contributed by atoms with Gasteiger partial charge in [0.25, 0.3) is 0 Å². The minimum atomic E-state index is -0.878. The van der Waals surface area contributed by atoms with Crippen LogP contribution in [0.15, 0.2) is 12.2 Å². The monoisotopic (exact) mass is 238 g/mol. The van der Waals surface area contributed by atoms with Gasteiger partial charge in [0, 0.05) is 5.41 Å². The van der Waals surface area contributed by atoms with Gasteiger partial charge in [-0.15, -0.1) is 0 Å². The molecule has 2 aliphatic carbocycles. The first-order valence-corrected chi connectivity index (χ1v) is 6.87. The second kappa shape index (κ2) is 4.10. The molecule has 98 valence electrons. The summed E-state index contributed by atoms with van der Waals surface area (Å²) in [5.74, 6) is 0.978. The van der Waals surface area contributed by atoms with E-state index in [2.05, 4.69) is 27.4 Å². The van der Waals surface area contributed by atoms with E-state index in [9.17, 15) is 10.2 Å². The van der Waals surface area contributed by atoms with Crippen molar-refractivity contribution >= 4 is 0 Å². The average molecular weight is 238 g/mol. The van der Waals surface area contributed by atoms with Crippen LogP contribution in [0.1, 0.15) is 52.9 Å². The molecule has 0 aromatic heterocycles. The van der Waals surface area contributed by atoms with Crippen molar-refractivity contribution in [2.45, 2.75) is 64.6 Å². The second-order valence-corrected chi connectivity index (χ2v) is 6.62. The first-order chi connectivity index (χ1) is 7.81. The van der Waals surface area contributed by atoms with Crippen LogP contribution in [0.5, 0.6) is 0 Å². The Bertz CT molecular complexity index is 325. The van der Waals surface area contributed by atoms with E-state index < -0.39 is 11.7 Å². The Morgan fingerprint density at radius 2 is 1.94 bits per heavy atom. The molecule has 0 saturated heterocycles. The summed E-state index contributed by atoms with van der Waals surface area (Å²) >= 11 is 0. The molecule has 2 aliphatic rings. The molecule has 0 spiro atoms. The maximum atomic E-state index is 10.9. The summed E-state index contributed by atoms with van der Waals surface area (Å²) in [6, 6.07) is 0. The van der Waals surface area contributed by atoms with E-state index in [1.807, 2.05) is 0 Å². The third-order valence-corrected chi connectivity index (χ3v) is 5.74. The van der Waals surface area contributed by atoms with E-state index in [0.717, 1.165) is 25.7 Å². The second-order valence-electron chi connectivity index (χ2n) is 6.62. The Morgan fingerprint density at radius 3 is 2.53 bits per heavy atom. The van der Waals surface area contributed by atoms with Crippen molar-refractivity contribution in [3.8, 4) is 0 Å². The third kappa shape index (κ3) is 1.77. The summed E-state index contributed by atoms with van der Waals surface area (Å²) in [5.41, 5.74) is 0.184. The van der Waals surface area contributed by atoms with Crippen molar-refractivity contribution in [1.82, 2.24) is 0 Å². The van der Waals surface area contributed by atoms with Crippen molar-refractivity contribution in [2.75, 3.05) is 0 Å². The van der Waals surface area contributed by atoms with Crippen LogP contribution in [0, 0.1) is 17.3 Å². The Hall–Kier alpha value is -0.340. The van der Waals surface area contributed by atoms with Crippen LogP contribution in [0.2, 0.25) is 0 Å². The lowest BCUT2D eigenvalue weighted by molar-refractivity contribution is -0.221. The average Bonchev–Trinajstić information content (AvgIpc) is 2.27. The highest BCUT2D eigenvalue weighted by molar-refractivity contribution is 5.13. The van der Waals surface area contributed by atoms with Gasteiger partial charge in [0.1, 0.15) is 0 Å². The van der Waals surface area contributed by atoms with E-state index in [1.165, 1.54) is 5.57 Å². The molecule has 5 atom stereocenters.